The van der Waals surface area contributed by atoms with E-state index in [2.05, 4.69) is 10.4 Å². The topological polar surface area (TPSA) is 70.1 Å². The number of H-pyrrole nitrogens is 1. The molecule has 16 heavy (non-hydrogen) atoms. The molecule has 2 aromatic rings. The summed E-state index contributed by atoms with van der Waals surface area (Å²) in [6, 6.07) is 6.44. The van der Waals surface area contributed by atoms with Crippen LogP contribution >= 0.6 is 0 Å². The van der Waals surface area contributed by atoms with Crippen molar-refractivity contribution in [1.82, 2.24) is 15.1 Å². The third-order valence-corrected chi connectivity index (χ3v) is 2.32. The van der Waals surface area contributed by atoms with Crippen molar-refractivity contribution in [3.05, 3.63) is 46.4 Å². The molecule has 0 aliphatic carbocycles. The first-order valence-electron chi connectivity index (χ1n) is 4.95. The summed E-state index contributed by atoms with van der Waals surface area (Å²) >= 11 is 0. The summed E-state index contributed by atoms with van der Waals surface area (Å²) in [6.45, 7) is 0.528. The molecule has 5 nitrogen and oxygen atoms in total. The predicted octanol–water partition coefficient (Wildman–Crippen LogP) is 0.591. The van der Waals surface area contributed by atoms with E-state index in [9.17, 15) is 4.79 Å². The molecule has 5 heteroatoms. The van der Waals surface area contributed by atoms with Gasteiger partial charge in [0.1, 0.15) is 5.75 Å². The van der Waals surface area contributed by atoms with Crippen LogP contribution in [-0.4, -0.2) is 21.9 Å². The monoisotopic (exact) mass is 219 g/mol. The fraction of sp³-hybridized carbons (Fsp3) is 0.182. The zero-order valence-electron chi connectivity index (χ0n) is 8.90. The summed E-state index contributed by atoms with van der Waals surface area (Å²) in [7, 11) is 1.79. The second kappa shape index (κ2) is 4.24. The Balaban J connectivity index is 2.41. The van der Waals surface area contributed by atoms with E-state index in [-0.39, 0.29) is 11.3 Å². The number of aromatic nitrogens is 2. The van der Waals surface area contributed by atoms with E-state index in [4.69, 9.17) is 5.11 Å². The molecule has 0 atom stereocenters. The highest BCUT2D eigenvalue weighted by atomic mass is 16.3. The largest absolute Gasteiger partial charge is 0.508 e. The number of phenolic OH excluding ortho intramolecular Hbond substituents is 1. The van der Waals surface area contributed by atoms with Crippen LogP contribution in [0.25, 0.3) is 5.69 Å². The van der Waals surface area contributed by atoms with Gasteiger partial charge in [-0.25, -0.2) is 4.68 Å². The van der Waals surface area contributed by atoms with E-state index in [1.165, 1.54) is 4.68 Å². The number of hydrogen-bond donors (Lipinski definition) is 3. The Hall–Kier alpha value is -2.01. The van der Waals surface area contributed by atoms with Gasteiger partial charge in [0.25, 0.3) is 5.56 Å². The minimum absolute atomic E-state index is 0.0833. The molecular weight excluding hydrogens is 206 g/mol. The van der Waals surface area contributed by atoms with Crippen molar-refractivity contribution in [2.45, 2.75) is 6.54 Å². The van der Waals surface area contributed by atoms with E-state index in [0.29, 0.717) is 17.8 Å². The Morgan fingerprint density at radius 1 is 1.38 bits per heavy atom. The molecule has 0 saturated carbocycles. The van der Waals surface area contributed by atoms with Gasteiger partial charge in [-0.15, -0.1) is 0 Å². The van der Waals surface area contributed by atoms with E-state index < -0.39 is 0 Å². The molecule has 0 aliphatic heterocycles. The van der Waals surface area contributed by atoms with Gasteiger partial charge in [0.2, 0.25) is 0 Å². The van der Waals surface area contributed by atoms with Crippen LogP contribution in [0.3, 0.4) is 0 Å². The van der Waals surface area contributed by atoms with Gasteiger partial charge in [-0.1, -0.05) is 0 Å². The van der Waals surface area contributed by atoms with Crippen molar-refractivity contribution < 1.29 is 5.11 Å². The summed E-state index contributed by atoms with van der Waals surface area (Å²) < 4.78 is 1.44. The normalized spacial score (nSPS) is 10.6. The lowest BCUT2D eigenvalue weighted by molar-refractivity contribution is 0.475. The molecule has 0 saturated heterocycles. The SMILES string of the molecule is CNCc1c[nH]n(-c2ccc(O)cc2)c1=O. The summed E-state index contributed by atoms with van der Waals surface area (Å²) in [4.78, 5) is 11.9. The molecule has 3 N–H and O–H groups in total. The highest BCUT2D eigenvalue weighted by Gasteiger charge is 2.06. The van der Waals surface area contributed by atoms with Crippen molar-refractivity contribution >= 4 is 0 Å². The van der Waals surface area contributed by atoms with Gasteiger partial charge in [-0.05, 0) is 31.3 Å². The van der Waals surface area contributed by atoms with Crippen LogP contribution in [0.4, 0.5) is 0 Å². The van der Waals surface area contributed by atoms with Crippen molar-refractivity contribution in [1.29, 1.82) is 0 Å². The average molecular weight is 219 g/mol. The Labute approximate surface area is 92.3 Å². The smallest absolute Gasteiger partial charge is 0.275 e. The quantitative estimate of drug-likeness (QED) is 0.707. The summed E-state index contributed by atoms with van der Waals surface area (Å²) in [6.07, 6.45) is 1.67. The van der Waals surface area contributed by atoms with Crippen LogP contribution < -0.4 is 10.9 Å². The van der Waals surface area contributed by atoms with Crippen molar-refractivity contribution in [2.24, 2.45) is 0 Å². The van der Waals surface area contributed by atoms with Gasteiger partial charge in [-0.3, -0.25) is 9.89 Å². The van der Waals surface area contributed by atoms with E-state index in [1.807, 2.05) is 0 Å². The Morgan fingerprint density at radius 2 is 2.06 bits per heavy atom. The highest BCUT2D eigenvalue weighted by Crippen LogP contribution is 2.11. The maximum absolute atomic E-state index is 11.9. The maximum atomic E-state index is 11.9. The molecule has 0 aliphatic rings. The number of phenols is 1. The summed E-state index contributed by atoms with van der Waals surface area (Å²) in [5, 5.41) is 15.0. The minimum Gasteiger partial charge on any atom is -0.508 e. The molecule has 0 bridgehead atoms. The lowest BCUT2D eigenvalue weighted by atomic mass is 10.3. The van der Waals surface area contributed by atoms with Crippen LogP contribution in [0, 0.1) is 0 Å². The molecule has 0 unspecified atom stereocenters. The zero-order valence-corrected chi connectivity index (χ0v) is 8.90. The first kappa shape index (κ1) is 10.5. The Morgan fingerprint density at radius 3 is 2.69 bits per heavy atom. The number of nitrogens with zero attached hydrogens (tertiary/aromatic N) is 1. The fourth-order valence-electron chi connectivity index (χ4n) is 1.52. The molecular formula is C11H13N3O2. The number of rotatable bonds is 3. The van der Waals surface area contributed by atoms with Gasteiger partial charge in [0.15, 0.2) is 0 Å². The zero-order chi connectivity index (χ0) is 11.5. The lowest BCUT2D eigenvalue weighted by Gasteiger charge is -2.00. The minimum atomic E-state index is -0.0833. The molecule has 1 aromatic carbocycles. The van der Waals surface area contributed by atoms with E-state index in [1.54, 1.807) is 37.5 Å². The van der Waals surface area contributed by atoms with Crippen LogP contribution in [0.1, 0.15) is 5.56 Å². The molecule has 0 amide bonds. The standard InChI is InChI=1S/C11H13N3O2/c1-12-6-8-7-13-14(11(8)16)9-2-4-10(15)5-3-9/h2-5,7,12-13,15H,6H2,1H3. The molecule has 1 aromatic heterocycles. The van der Waals surface area contributed by atoms with Crippen molar-refractivity contribution in [2.75, 3.05) is 7.05 Å². The van der Waals surface area contributed by atoms with Crippen LogP contribution in [0.2, 0.25) is 0 Å². The highest BCUT2D eigenvalue weighted by molar-refractivity contribution is 5.36. The van der Waals surface area contributed by atoms with Crippen molar-refractivity contribution in [3.63, 3.8) is 0 Å². The van der Waals surface area contributed by atoms with Crippen LogP contribution in [0.5, 0.6) is 5.75 Å². The van der Waals surface area contributed by atoms with Crippen LogP contribution in [-0.2, 0) is 6.54 Å². The number of hydrogen-bond acceptors (Lipinski definition) is 3. The fourth-order valence-corrected chi connectivity index (χ4v) is 1.52. The predicted molar refractivity (Wildman–Crippen MR) is 60.8 cm³/mol. The molecule has 2 rings (SSSR count). The van der Waals surface area contributed by atoms with Crippen LogP contribution in [0.15, 0.2) is 35.3 Å². The molecule has 1 heterocycles. The number of aromatic hydroxyl groups is 1. The molecule has 84 valence electrons. The molecule has 0 spiro atoms. The van der Waals surface area contributed by atoms with Gasteiger partial charge in [0, 0.05) is 12.7 Å². The number of benzene rings is 1. The molecule has 0 fully saturated rings. The lowest BCUT2D eigenvalue weighted by Crippen LogP contribution is -2.20. The van der Waals surface area contributed by atoms with E-state index in [0.717, 1.165) is 0 Å². The summed E-state index contributed by atoms with van der Waals surface area (Å²) in [5.74, 6) is 0.179. The first-order valence-corrected chi connectivity index (χ1v) is 4.95. The number of nitrogens with one attached hydrogen (secondary N) is 2. The van der Waals surface area contributed by atoms with Gasteiger partial charge in [0.05, 0.1) is 11.3 Å². The Bertz CT molecular complexity index is 525. The van der Waals surface area contributed by atoms with Crippen molar-refractivity contribution in [3.8, 4) is 11.4 Å². The second-order valence-electron chi connectivity index (χ2n) is 3.49. The third-order valence-electron chi connectivity index (χ3n) is 2.32. The summed E-state index contributed by atoms with van der Waals surface area (Å²) in [5.41, 5.74) is 1.29. The Kier molecular flexibility index (Phi) is 2.78. The van der Waals surface area contributed by atoms with Gasteiger partial charge < -0.3 is 10.4 Å². The average Bonchev–Trinajstić information content (AvgIpc) is 2.63. The second-order valence-corrected chi connectivity index (χ2v) is 3.49. The number of aromatic amines is 1. The van der Waals surface area contributed by atoms with E-state index >= 15 is 0 Å². The van der Waals surface area contributed by atoms with Gasteiger partial charge in [-0.2, -0.15) is 0 Å². The third kappa shape index (κ3) is 1.85. The first-order chi connectivity index (χ1) is 7.72. The van der Waals surface area contributed by atoms with Gasteiger partial charge >= 0.3 is 0 Å². The maximum Gasteiger partial charge on any atom is 0.275 e. The molecule has 0 radical (unpaired) electrons.